The lowest BCUT2D eigenvalue weighted by atomic mass is 9.87. The van der Waals surface area contributed by atoms with Crippen LogP contribution in [0.15, 0.2) is 18.3 Å². The maximum Gasteiger partial charge on any atom is 0.417 e. The Labute approximate surface area is 126 Å². The van der Waals surface area contributed by atoms with Gasteiger partial charge >= 0.3 is 6.18 Å². The van der Waals surface area contributed by atoms with Gasteiger partial charge in [0, 0.05) is 24.5 Å². The zero-order valence-electron chi connectivity index (χ0n) is 12.8. The highest BCUT2D eigenvalue weighted by Gasteiger charge is 2.53. The van der Waals surface area contributed by atoms with Gasteiger partial charge in [-0.1, -0.05) is 13.8 Å². The molecule has 0 aliphatic carbocycles. The van der Waals surface area contributed by atoms with Gasteiger partial charge in [-0.3, -0.25) is 0 Å². The number of anilines is 1. The van der Waals surface area contributed by atoms with Crippen molar-refractivity contribution in [2.75, 3.05) is 12.4 Å². The van der Waals surface area contributed by atoms with Crippen LogP contribution in [0.1, 0.15) is 26.0 Å². The Kier molecular flexibility index (Phi) is 4.37. The number of nitrogens with one attached hydrogen (secondary N) is 2. The molecule has 4 nitrogen and oxygen atoms in total. The van der Waals surface area contributed by atoms with Crippen LogP contribution in [-0.2, 0) is 6.42 Å². The average molecular weight is 315 g/mol. The highest BCUT2D eigenvalue weighted by Crippen LogP contribution is 2.38. The van der Waals surface area contributed by atoms with E-state index in [9.17, 15) is 18.3 Å². The normalized spacial score (nSPS) is 15.3. The fourth-order valence-electron chi connectivity index (χ4n) is 2.60. The molecule has 1 atom stereocenters. The van der Waals surface area contributed by atoms with Gasteiger partial charge in [0.25, 0.3) is 0 Å². The summed E-state index contributed by atoms with van der Waals surface area (Å²) in [5, 5.41) is 13.8. The van der Waals surface area contributed by atoms with Gasteiger partial charge in [-0.2, -0.15) is 13.2 Å². The molecule has 0 saturated heterocycles. The molecule has 0 aliphatic heterocycles. The zero-order chi connectivity index (χ0) is 16.5. The number of nitrogens with zero attached hydrogens (tertiary/aromatic N) is 1. The van der Waals surface area contributed by atoms with Gasteiger partial charge in [0.1, 0.15) is 5.82 Å². The molecule has 7 heteroatoms. The van der Waals surface area contributed by atoms with Crippen LogP contribution in [0.2, 0.25) is 0 Å². The standard InChI is InChI=1S/C15H20F3N3O/c1-9(2)6-14(22,15(16,17)18)7-11-4-10-5-13(19-3)20-8-12(10)21-11/h4-5,8-9,21-22H,6-7H2,1-3H3,(H,19,20). The van der Waals surface area contributed by atoms with Crippen molar-refractivity contribution in [2.24, 2.45) is 5.92 Å². The van der Waals surface area contributed by atoms with Crippen LogP contribution in [0, 0.1) is 5.92 Å². The van der Waals surface area contributed by atoms with Crippen LogP contribution in [0.5, 0.6) is 0 Å². The Bertz CT molecular complexity index is 651. The van der Waals surface area contributed by atoms with Gasteiger partial charge in [0.2, 0.25) is 0 Å². The number of pyridine rings is 1. The molecule has 22 heavy (non-hydrogen) atoms. The molecule has 0 aromatic carbocycles. The van der Waals surface area contributed by atoms with E-state index in [-0.39, 0.29) is 12.3 Å². The van der Waals surface area contributed by atoms with Crippen molar-refractivity contribution in [3.8, 4) is 0 Å². The van der Waals surface area contributed by atoms with E-state index in [0.717, 1.165) is 5.39 Å². The van der Waals surface area contributed by atoms with Crippen LogP contribution >= 0.6 is 0 Å². The lowest BCUT2D eigenvalue weighted by Gasteiger charge is -2.31. The smallest absolute Gasteiger partial charge is 0.380 e. The molecule has 0 aliphatic rings. The fourth-order valence-corrected chi connectivity index (χ4v) is 2.60. The molecule has 1 unspecified atom stereocenters. The molecule has 0 spiro atoms. The van der Waals surface area contributed by atoms with E-state index in [1.54, 1.807) is 39.2 Å². The van der Waals surface area contributed by atoms with Crippen molar-refractivity contribution < 1.29 is 18.3 Å². The first-order valence-corrected chi connectivity index (χ1v) is 7.09. The third-order valence-electron chi connectivity index (χ3n) is 3.57. The molecule has 2 rings (SSSR count). The molecule has 0 radical (unpaired) electrons. The van der Waals surface area contributed by atoms with Crippen LogP contribution in [0.3, 0.4) is 0 Å². The summed E-state index contributed by atoms with van der Waals surface area (Å²) < 4.78 is 39.7. The Morgan fingerprint density at radius 3 is 2.55 bits per heavy atom. The quantitative estimate of drug-likeness (QED) is 0.791. The summed E-state index contributed by atoms with van der Waals surface area (Å²) >= 11 is 0. The van der Waals surface area contributed by atoms with Crippen LogP contribution in [0.25, 0.3) is 10.9 Å². The molecule has 0 amide bonds. The van der Waals surface area contributed by atoms with E-state index in [2.05, 4.69) is 15.3 Å². The molecule has 3 N–H and O–H groups in total. The van der Waals surface area contributed by atoms with E-state index < -0.39 is 18.2 Å². The van der Waals surface area contributed by atoms with Crippen molar-refractivity contribution in [1.82, 2.24) is 9.97 Å². The maximum absolute atomic E-state index is 13.2. The minimum absolute atomic E-state index is 0.270. The summed E-state index contributed by atoms with van der Waals surface area (Å²) in [6, 6.07) is 3.36. The van der Waals surface area contributed by atoms with Gasteiger partial charge in [0.15, 0.2) is 5.60 Å². The third-order valence-corrected chi connectivity index (χ3v) is 3.57. The summed E-state index contributed by atoms with van der Waals surface area (Å²) in [6.07, 6.45) is -3.97. The number of aliphatic hydroxyl groups is 1. The lowest BCUT2D eigenvalue weighted by Crippen LogP contribution is -2.48. The van der Waals surface area contributed by atoms with Gasteiger partial charge in [-0.25, -0.2) is 4.98 Å². The molecule has 0 bridgehead atoms. The topological polar surface area (TPSA) is 60.9 Å². The SMILES string of the molecule is CNc1cc2cc(CC(O)(CC(C)C)C(F)(F)F)[nH]c2cn1. The second-order valence-corrected chi connectivity index (χ2v) is 6.01. The highest BCUT2D eigenvalue weighted by atomic mass is 19.4. The van der Waals surface area contributed by atoms with Crippen molar-refractivity contribution in [2.45, 2.75) is 38.5 Å². The van der Waals surface area contributed by atoms with Crippen molar-refractivity contribution >= 4 is 16.7 Å². The summed E-state index contributed by atoms with van der Waals surface area (Å²) in [4.78, 5) is 7.00. The minimum atomic E-state index is -4.68. The molecule has 2 aromatic rings. The van der Waals surface area contributed by atoms with Crippen molar-refractivity contribution in [3.63, 3.8) is 0 Å². The van der Waals surface area contributed by atoms with E-state index in [4.69, 9.17) is 0 Å². The number of aromatic nitrogens is 2. The predicted molar refractivity (Wildman–Crippen MR) is 79.8 cm³/mol. The van der Waals surface area contributed by atoms with Crippen molar-refractivity contribution in [3.05, 3.63) is 24.0 Å². The van der Waals surface area contributed by atoms with Gasteiger partial charge < -0.3 is 15.4 Å². The molecule has 122 valence electrons. The first kappa shape index (κ1) is 16.6. The highest BCUT2D eigenvalue weighted by molar-refractivity contribution is 5.82. The maximum atomic E-state index is 13.2. The van der Waals surface area contributed by atoms with Gasteiger partial charge in [-0.05, 0) is 24.5 Å². The van der Waals surface area contributed by atoms with E-state index in [1.165, 1.54) is 0 Å². The molecule has 0 fully saturated rings. The fraction of sp³-hybridized carbons (Fsp3) is 0.533. The Hall–Kier alpha value is -1.76. The number of H-pyrrole nitrogens is 1. The predicted octanol–water partition coefficient (Wildman–Crippen LogP) is 3.49. The van der Waals surface area contributed by atoms with E-state index in [1.807, 2.05) is 0 Å². The largest absolute Gasteiger partial charge is 0.417 e. The minimum Gasteiger partial charge on any atom is -0.380 e. The van der Waals surface area contributed by atoms with Gasteiger partial charge in [0.05, 0.1) is 11.7 Å². The van der Waals surface area contributed by atoms with Crippen LogP contribution < -0.4 is 5.32 Å². The molecule has 0 saturated carbocycles. The summed E-state index contributed by atoms with van der Waals surface area (Å²) in [5.74, 6) is 0.361. The Balaban J connectivity index is 2.34. The second kappa shape index (κ2) is 5.79. The van der Waals surface area contributed by atoms with Crippen LogP contribution in [0.4, 0.5) is 19.0 Å². The number of fused-ring (bicyclic) bond motifs is 1. The number of halogens is 3. The monoisotopic (exact) mass is 315 g/mol. The zero-order valence-corrected chi connectivity index (χ0v) is 12.8. The molecular formula is C15H20F3N3O. The molecule has 2 heterocycles. The molecular weight excluding hydrogens is 295 g/mol. The summed E-state index contributed by atoms with van der Waals surface area (Å²) in [5.41, 5.74) is -1.75. The summed E-state index contributed by atoms with van der Waals surface area (Å²) in [7, 11) is 1.72. The van der Waals surface area contributed by atoms with E-state index in [0.29, 0.717) is 17.0 Å². The number of aromatic amines is 1. The number of hydrogen-bond donors (Lipinski definition) is 3. The first-order valence-electron chi connectivity index (χ1n) is 7.09. The van der Waals surface area contributed by atoms with Crippen molar-refractivity contribution in [1.29, 1.82) is 0 Å². The summed E-state index contributed by atoms with van der Waals surface area (Å²) in [6.45, 7) is 3.32. The number of alkyl halides is 3. The average Bonchev–Trinajstić information content (AvgIpc) is 2.76. The third kappa shape index (κ3) is 3.35. The lowest BCUT2D eigenvalue weighted by molar-refractivity contribution is -0.265. The number of rotatable bonds is 5. The Morgan fingerprint density at radius 2 is 2.00 bits per heavy atom. The van der Waals surface area contributed by atoms with Gasteiger partial charge in [-0.15, -0.1) is 0 Å². The first-order chi connectivity index (χ1) is 10.1. The molecule has 2 aromatic heterocycles. The van der Waals surface area contributed by atoms with E-state index >= 15 is 0 Å². The number of hydrogen-bond acceptors (Lipinski definition) is 3. The Morgan fingerprint density at radius 1 is 1.32 bits per heavy atom. The second-order valence-electron chi connectivity index (χ2n) is 6.01. The van der Waals surface area contributed by atoms with Crippen LogP contribution in [-0.4, -0.2) is 33.9 Å².